The molecule has 6 heteroatoms. The number of methoxy groups -OCH3 is 1. The van der Waals surface area contributed by atoms with E-state index in [0.717, 1.165) is 11.1 Å². The Balaban J connectivity index is 1.90. The lowest BCUT2D eigenvalue weighted by molar-refractivity contribution is -0.119. The highest BCUT2D eigenvalue weighted by Gasteiger charge is 2.12. The molecule has 0 fully saturated rings. The second-order valence-electron chi connectivity index (χ2n) is 5.23. The van der Waals surface area contributed by atoms with Crippen LogP contribution in [0.1, 0.15) is 21.5 Å². The molecule has 0 atom stereocenters. The van der Waals surface area contributed by atoms with Crippen molar-refractivity contribution in [3.63, 3.8) is 0 Å². The second kappa shape index (κ2) is 8.10. The summed E-state index contributed by atoms with van der Waals surface area (Å²) in [5.74, 6) is -0.938. The fourth-order valence-electron chi connectivity index (χ4n) is 2.20. The standard InChI is InChI=1S/C18H19FN2O3/c1-12-15(18(23)24-2)4-3-5-16(12)20-11-17(22)21-10-13-6-8-14(19)9-7-13/h3-9,20H,10-11H2,1-2H3,(H,21,22). The van der Waals surface area contributed by atoms with E-state index in [0.29, 0.717) is 17.8 Å². The quantitative estimate of drug-likeness (QED) is 0.799. The van der Waals surface area contributed by atoms with E-state index in [1.54, 1.807) is 37.3 Å². The molecule has 2 aromatic carbocycles. The molecular formula is C18H19FN2O3. The minimum absolute atomic E-state index is 0.0622. The molecule has 126 valence electrons. The van der Waals surface area contributed by atoms with Gasteiger partial charge in [0.25, 0.3) is 0 Å². The van der Waals surface area contributed by atoms with Crippen molar-refractivity contribution in [2.75, 3.05) is 19.0 Å². The molecule has 2 N–H and O–H groups in total. The lowest BCUT2D eigenvalue weighted by atomic mass is 10.1. The first kappa shape index (κ1) is 17.5. The van der Waals surface area contributed by atoms with E-state index in [1.807, 2.05) is 0 Å². The molecule has 0 saturated carbocycles. The molecule has 0 unspecified atom stereocenters. The molecule has 0 aliphatic heterocycles. The largest absolute Gasteiger partial charge is 0.465 e. The average molecular weight is 330 g/mol. The Kier molecular flexibility index (Phi) is 5.89. The smallest absolute Gasteiger partial charge is 0.338 e. The van der Waals surface area contributed by atoms with Crippen LogP contribution >= 0.6 is 0 Å². The number of nitrogens with one attached hydrogen (secondary N) is 2. The summed E-state index contributed by atoms with van der Waals surface area (Å²) < 4.78 is 17.5. The predicted octanol–water partition coefficient (Wildman–Crippen LogP) is 2.65. The van der Waals surface area contributed by atoms with Crippen molar-refractivity contribution in [1.82, 2.24) is 5.32 Å². The Morgan fingerprint density at radius 3 is 2.50 bits per heavy atom. The van der Waals surface area contributed by atoms with Crippen LogP contribution in [-0.2, 0) is 16.1 Å². The van der Waals surface area contributed by atoms with Crippen molar-refractivity contribution in [2.24, 2.45) is 0 Å². The van der Waals surface area contributed by atoms with E-state index in [4.69, 9.17) is 4.74 Å². The maximum Gasteiger partial charge on any atom is 0.338 e. The molecule has 5 nitrogen and oxygen atoms in total. The number of halogens is 1. The summed E-state index contributed by atoms with van der Waals surface area (Å²) >= 11 is 0. The van der Waals surface area contributed by atoms with Crippen LogP contribution in [0.25, 0.3) is 0 Å². The lowest BCUT2D eigenvalue weighted by Gasteiger charge is -2.12. The van der Waals surface area contributed by atoms with Crippen LogP contribution in [0.15, 0.2) is 42.5 Å². The number of ether oxygens (including phenoxy) is 1. The second-order valence-corrected chi connectivity index (χ2v) is 5.23. The third kappa shape index (κ3) is 4.55. The van der Waals surface area contributed by atoms with Crippen LogP contribution in [0.5, 0.6) is 0 Å². The van der Waals surface area contributed by atoms with Gasteiger partial charge in [-0.3, -0.25) is 4.79 Å². The molecule has 0 aliphatic carbocycles. The highest BCUT2D eigenvalue weighted by atomic mass is 19.1. The Labute approximate surface area is 139 Å². The van der Waals surface area contributed by atoms with Crippen LogP contribution in [0, 0.1) is 12.7 Å². The van der Waals surface area contributed by atoms with Gasteiger partial charge < -0.3 is 15.4 Å². The first-order chi connectivity index (χ1) is 11.5. The minimum atomic E-state index is -0.420. The fraction of sp³-hybridized carbons (Fsp3) is 0.222. The van der Waals surface area contributed by atoms with Crippen molar-refractivity contribution >= 4 is 17.6 Å². The Morgan fingerprint density at radius 2 is 1.83 bits per heavy atom. The summed E-state index contributed by atoms with van der Waals surface area (Å²) in [6.45, 7) is 2.17. The molecule has 0 radical (unpaired) electrons. The van der Waals surface area contributed by atoms with Gasteiger partial charge >= 0.3 is 5.97 Å². The maximum atomic E-state index is 12.8. The van der Waals surface area contributed by atoms with E-state index < -0.39 is 5.97 Å². The molecule has 0 bridgehead atoms. The van der Waals surface area contributed by atoms with Gasteiger partial charge in [0.1, 0.15) is 5.82 Å². The summed E-state index contributed by atoms with van der Waals surface area (Å²) in [5.41, 5.74) is 2.67. The molecule has 2 aromatic rings. The summed E-state index contributed by atoms with van der Waals surface area (Å²) in [7, 11) is 1.32. The maximum absolute atomic E-state index is 12.8. The molecular weight excluding hydrogens is 311 g/mol. The van der Waals surface area contributed by atoms with Crippen LogP contribution in [0.4, 0.5) is 10.1 Å². The minimum Gasteiger partial charge on any atom is -0.465 e. The molecule has 24 heavy (non-hydrogen) atoms. The topological polar surface area (TPSA) is 67.4 Å². The SMILES string of the molecule is COC(=O)c1cccc(NCC(=O)NCc2ccc(F)cc2)c1C. The van der Waals surface area contributed by atoms with E-state index in [2.05, 4.69) is 10.6 Å². The van der Waals surface area contributed by atoms with E-state index in [1.165, 1.54) is 19.2 Å². The zero-order chi connectivity index (χ0) is 17.5. The zero-order valence-corrected chi connectivity index (χ0v) is 13.6. The first-order valence-corrected chi connectivity index (χ1v) is 7.44. The molecule has 1 amide bonds. The predicted molar refractivity (Wildman–Crippen MR) is 89.3 cm³/mol. The molecule has 0 heterocycles. The van der Waals surface area contributed by atoms with E-state index >= 15 is 0 Å². The van der Waals surface area contributed by atoms with Crippen LogP contribution < -0.4 is 10.6 Å². The van der Waals surface area contributed by atoms with Crippen molar-refractivity contribution < 1.29 is 18.7 Å². The number of carbonyl (C=O) groups excluding carboxylic acids is 2. The zero-order valence-electron chi connectivity index (χ0n) is 13.6. The number of rotatable bonds is 6. The van der Waals surface area contributed by atoms with Gasteiger partial charge in [-0.1, -0.05) is 18.2 Å². The summed E-state index contributed by atoms with van der Waals surface area (Å²) in [6, 6.07) is 11.1. The van der Waals surface area contributed by atoms with Crippen molar-refractivity contribution in [2.45, 2.75) is 13.5 Å². The number of anilines is 1. The molecule has 0 aromatic heterocycles. The van der Waals surface area contributed by atoms with Gasteiger partial charge in [-0.2, -0.15) is 0 Å². The summed E-state index contributed by atoms with van der Waals surface area (Å²) in [6.07, 6.45) is 0. The molecule has 0 spiro atoms. The highest BCUT2D eigenvalue weighted by Crippen LogP contribution is 2.19. The van der Waals surface area contributed by atoms with Gasteiger partial charge in [-0.15, -0.1) is 0 Å². The number of amides is 1. The lowest BCUT2D eigenvalue weighted by Crippen LogP contribution is -2.29. The fourth-order valence-corrected chi connectivity index (χ4v) is 2.20. The van der Waals surface area contributed by atoms with Gasteiger partial charge in [0.2, 0.25) is 5.91 Å². The molecule has 0 saturated heterocycles. The number of carbonyl (C=O) groups is 2. The van der Waals surface area contributed by atoms with E-state index in [-0.39, 0.29) is 18.3 Å². The normalized spacial score (nSPS) is 10.1. The van der Waals surface area contributed by atoms with Gasteiger partial charge in [-0.25, -0.2) is 9.18 Å². The molecule has 2 rings (SSSR count). The van der Waals surface area contributed by atoms with Crippen LogP contribution in [-0.4, -0.2) is 25.5 Å². The van der Waals surface area contributed by atoms with E-state index in [9.17, 15) is 14.0 Å². The number of hydrogen-bond donors (Lipinski definition) is 2. The van der Waals surface area contributed by atoms with Gasteiger partial charge in [0, 0.05) is 12.2 Å². The van der Waals surface area contributed by atoms with Crippen molar-refractivity contribution in [3.05, 3.63) is 65.0 Å². The Hall–Kier alpha value is -2.89. The number of esters is 1. The third-order valence-corrected chi connectivity index (χ3v) is 3.58. The van der Waals surface area contributed by atoms with Gasteiger partial charge in [0.05, 0.1) is 19.2 Å². The Bertz CT molecular complexity index is 730. The summed E-state index contributed by atoms with van der Waals surface area (Å²) in [4.78, 5) is 23.6. The van der Waals surface area contributed by atoms with Crippen molar-refractivity contribution in [3.8, 4) is 0 Å². The number of benzene rings is 2. The summed E-state index contributed by atoms with van der Waals surface area (Å²) in [5, 5.41) is 5.74. The molecule has 0 aliphatic rings. The monoisotopic (exact) mass is 330 g/mol. The number of hydrogen-bond acceptors (Lipinski definition) is 4. The van der Waals surface area contributed by atoms with Crippen LogP contribution in [0.2, 0.25) is 0 Å². The Morgan fingerprint density at radius 1 is 1.12 bits per heavy atom. The first-order valence-electron chi connectivity index (χ1n) is 7.44. The highest BCUT2D eigenvalue weighted by molar-refractivity contribution is 5.93. The van der Waals surface area contributed by atoms with Gasteiger partial charge in [0.15, 0.2) is 0 Å². The van der Waals surface area contributed by atoms with Crippen LogP contribution in [0.3, 0.4) is 0 Å². The average Bonchev–Trinajstić information content (AvgIpc) is 2.59. The van der Waals surface area contributed by atoms with Gasteiger partial charge in [-0.05, 0) is 42.3 Å². The third-order valence-electron chi connectivity index (χ3n) is 3.58. The van der Waals surface area contributed by atoms with Crippen molar-refractivity contribution in [1.29, 1.82) is 0 Å².